The van der Waals surface area contributed by atoms with Crippen LogP contribution in [0.3, 0.4) is 0 Å². The average molecular weight is 309 g/mol. The molecule has 0 saturated carbocycles. The van der Waals surface area contributed by atoms with E-state index in [1.165, 1.54) is 16.1 Å². The van der Waals surface area contributed by atoms with E-state index in [2.05, 4.69) is 5.32 Å². The van der Waals surface area contributed by atoms with Gasteiger partial charge in [-0.2, -0.15) is 4.31 Å². The molecule has 3 unspecified atom stereocenters. The molecule has 0 aromatic heterocycles. The monoisotopic (exact) mass is 309 g/mol. The number of nitrogens with zero attached hydrogens (tertiary/aromatic N) is 2. The molecule has 0 radical (unpaired) electrons. The Hall–Kier alpha value is -1.57. The molecule has 6 nitrogen and oxygen atoms in total. The van der Waals surface area contributed by atoms with Crippen molar-refractivity contribution in [2.45, 2.75) is 31.0 Å². The molecule has 1 aliphatic heterocycles. The molecular weight excluding hydrogens is 290 g/mol. The molecule has 1 aromatic carbocycles. The van der Waals surface area contributed by atoms with E-state index >= 15 is 0 Å². The number of carbonyl (C=O) groups excluding carboxylic acids is 2. The highest BCUT2D eigenvalue weighted by molar-refractivity contribution is 7.83. The highest BCUT2D eigenvalue weighted by Gasteiger charge is 2.39. The number of benzene rings is 1. The number of hydrogen-bond acceptors (Lipinski definition) is 4. The zero-order chi connectivity index (χ0) is 15.7. The highest BCUT2D eigenvalue weighted by atomic mass is 32.2. The fourth-order valence-electron chi connectivity index (χ4n) is 2.35. The molecule has 1 heterocycles. The van der Waals surface area contributed by atoms with Crippen LogP contribution in [0.2, 0.25) is 0 Å². The summed E-state index contributed by atoms with van der Waals surface area (Å²) in [6.45, 7) is 3.12. The van der Waals surface area contributed by atoms with Crippen LogP contribution in [0.15, 0.2) is 29.2 Å². The van der Waals surface area contributed by atoms with Gasteiger partial charge >= 0.3 is 0 Å². The summed E-state index contributed by atoms with van der Waals surface area (Å²) in [5.41, 5.74) is 0.521. The number of carbonyl (C=O) groups is 2. The van der Waals surface area contributed by atoms with Crippen molar-refractivity contribution in [2.24, 2.45) is 0 Å². The lowest BCUT2D eigenvalue weighted by Crippen LogP contribution is -2.55. The molecule has 1 aliphatic rings. The summed E-state index contributed by atoms with van der Waals surface area (Å²) in [4.78, 5) is 26.5. The molecule has 7 heteroatoms. The Bertz CT molecular complexity index is 605. The number of rotatable bonds is 3. The molecule has 21 heavy (non-hydrogen) atoms. The quantitative estimate of drug-likeness (QED) is 0.883. The number of anilines is 1. The Morgan fingerprint density at radius 1 is 1.38 bits per heavy atom. The van der Waals surface area contributed by atoms with Gasteiger partial charge in [0, 0.05) is 7.05 Å². The van der Waals surface area contributed by atoms with Gasteiger partial charge in [0.15, 0.2) is 11.9 Å². The Morgan fingerprint density at radius 3 is 2.57 bits per heavy atom. The smallest absolute Gasteiger partial charge is 0.260 e. The van der Waals surface area contributed by atoms with E-state index in [4.69, 9.17) is 0 Å². The van der Waals surface area contributed by atoms with Crippen LogP contribution >= 0.6 is 0 Å². The number of nitrogens with one attached hydrogen (secondary N) is 1. The number of fused-ring (bicyclic) bond motifs is 1. The molecule has 0 fully saturated rings. The molecular formula is C14H19N3O3S. The summed E-state index contributed by atoms with van der Waals surface area (Å²) in [7, 11) is 1.77. The van der Waals surface area contributed by atoms with Gasteiger partial charge in [0.1, 0.15) is 11.0 Å². The van der Waals surface area contributed by atoms with Crippen molar-refractivity contribution in [3.8, 4) is 0 Å². The summed E-state index contributed by atoms with van der Waals surface area (Å²) in [5.74, 6) is -0.413. The first-order chi connectivity index (χ1) is 9.90. The van der Waals surface area contributed by atoms with E-state index in [0.717, 1.165) is 0 Å². The normalized spacial score (nSPS) is 24.4. The van der Waals surface area contributed by atoms with Crippen molar-refractivity contribution >= 4 is 28.4 Å². The SMILES string of the molecule is CNC1C(=O)N(C(C)C(C)=O)c2ccccc2S(=O)N1C. The highest BCUT2D eigenvalue weighted by Crippen LogP contribution is 2.31. The molecule has 114 valence electrons. The van der Waals surface area contributed by atoms with Crippen molar-refractivity contribution in [1.82, 2.24) is 9.62 Å². The van der Waals surface area contributed by atoms with E-state index < -0.39 is 23.2 Å². The van der Waals surface area contributed by atoms with Gasteiger partial charge in [-0.25, -0.2) is 4.21 Å². The van der Waals surface area contributed by atoms with Gasteiger partial charge in [0.05, 0.1) is 16.6 Å². The largest absolute Gasteiger partial charge is 0.298 e. The van der Waals surface area contributed by atoms with Crippen molar-refractivity contribution < 1.29 is 13.8 Å². The van der Waals surface area contributed by atoms with Gasteiger partial charge in [0.25, 0.3) is 5.91 Å². The molecule has 1 N–H and O–H groups in total. The lowest BCUT2D eigenvalue weighted by Gasteiger charge is -2.30. The minimum atomic E-state index is -1.48. The second-order valence-corrected chi connectivity index (χ2v) is 6.46. The summed E-state index contributed by atoms with van der Waals surface area (Å²) >= 11 is 0. The third-order valence-electron chi connectivity index (χ3n) is 3.66. The van der Waals surface area contributed by atoms with E-state index in [1.807, 2.05) is 0 Å². The zero-order valence-corrected chi connectivity index (χ0v) is 13.3. The number of ketones is 1. The Balaban J connectivity index is 2.66. The molecule has 0 bridgehead atoms. The first-order valence-corrected chi connectivity index (χ1v) is 7.75. The van der Waals surface area contributed by atoms with Crippen LogP contribution in [0.1, 0.15) is 13.8 Å². The minimum Gasteiger partial charge on any atom is -0.298 e. The number of Topliss-reactive ketones (excluding diaryl/α,β-unsaturated/α-hetero) is 1. The lowest BCUT2D eigenvalue weighted by molar-refractivity contribution is -0.126. The van der Waals surface area contributed by atoms with Crippen LogP contribution in [-0.2, 0) is 20.6 Å². The van der Waals surface area contributed by atoms with Crippen LogP contribution in [0.5, 0.6) is 0 Å². The average Bonchev–Trinajstić information content (AvgIpc) is 2.54. The number of para-hydroxylation sites is 1. The van der Waals surface area contributed by atoms with E-state index in [9.17, 15) is 13.8 Å². The Morgan fingerprint density at radius 2 is 2.00 bits per heavy atom. The summed E-state index contributed by atoms with van der Waals surface area (Å²) in [5, 5.41) is 2.86. The zero-order valence-electron chi connectivity index (χ0n) is 12.5. The predicted octanol–water partition coefficient (Wildman–Crippen LogP) is 0.511. The first kappa shape index (κ1) is 15.8. The maximum absolute atomic E-state index is 12.8. The van der Waals surface area contributed by atoms with Gasteiger partial charge in [-0.15, -0.1) is 0 Å². The summed E-state index contributed by atoms with van der Waals surface area (Å²) in [6.07, 6.45) is -0.750. The van der Waals surface area contributed by atoms with Crippen LogP contribution in [0, 0.1) is 0 Å². The van der Waals surface area contributed by atoms with Gasteiger partial charge in [-0.3, -0.25) is 19.8 Å². The Kier molecular flexibility index (Phi) is 4.55. The van der Waals surface area contributed by atoms with Crippen LogP contribution in [-0.4, -0.2) is 46.5 Å². The number of hydrogen-bond donors (Lipinski definition) is 1. The van der Waals surface area contributed by atoms with E-state index in [0.29, 0.717) is 10.6 Å². The summed E-state index contributed by atoms with van der Waals surface area (Å²) in [6, 6.07) is 6.36. The first-order valence-electron chi connectivity index (χ1n) is 6.64. The van der Waals surface area contributed by atoms with Crippen molar-refractivity contribution in [3.63, 3.8) is 0 Å². The van der Waals surface area contributed by atoms with Crippen molar-refractivity contribution in [1.29, 1.82) is 0 Å². The second kappa shape index (κ2) is 6.05. The standard InChI is InChI=1S/C14H19N3O3S/c1-9(10(2)18)17-11-7-5-6-8-12(11)21(20)16(4)13(15-3)14(17)19/h5-9,13,15H,1-4H3. The molecule has 0 saturated heterocycles. The van der Waals surface area contributed by atoms with Gasteiger partial charge in [0.2, 0.25) is 0 Å². The molecule has 0 aliphatic carbocycles. The maximum Gasteiger partial charge on any atom is 0.260 e. The molecule has 3 atom stereocenters. The molecule has 0 spiro atoms. The van der Waals surface area contributed by atoms with Gasteiger partial charge < -0.3 is 0 Å². The van der Waals surface area contributed by atoms with E-state index in [-0.39, 0.29) is 11.7 Å². The molecule has 1 amide bonds. The third kappa shape index (κ3) is 2.64. The fraction of sp³-hybridized carbons (Fsp3) is 0.429. The van der Waals surface area contributed by atoms with Gasteiger partial charge in [-0.1, -0.05) is 12.1 Å². The van der Waals surface area contributed by atoms with Crippen LogP contribution in [0.4, 0.5) is 5.69 Å². The number of amides is 1. The molecule has 1 aromatic rings. The predicted molar refractivity (Wildman–Crippen MR) is 81.1 cm³/mol. The van der Waals surface area contributed by atoms with Gasteiger partial charge in [-0.05, 0) is 33.0 Å². The topological polar surface area (TPSA) is 69.7 Å². The molecule has 2 rings (SSSR count). The van der Waals surface area contributed by atoms with Crippen molar-refractivity contribution in [3.05, 3.63) is 24.3 Å². The lowest BCUT2D eigenvalue weighted by atomic mass is 10.1. The van der Waals surface area contributed by atoms with Crippen molar-refractivity contribution in [2.75, 3.05) is 19.0 Å². The summed E-state index contributed by atoms with van der Waals surface area (Å²) < 4.78 is 14.1. The van der Waals surface area contributed by atoms with Crippen LogP contribution in [0.25, 0.3) is 0 Å². The number of likely N-dealkylation sites (N-methyl/N-ethyl adjacent to an activating group) is 2. The fourth-order valence-corrected chi connectivity index (χ4v) is 3.58. The Labute approximate surface area is 126 Å². The second-order valence-electron chi connectivity index (χ2n) is 4.95. The minimum absolute atomic E-state index is 0.122. The van der Waals surface area contributed by atoms with Crippen LogP contribution < -0.4 is 10.2 Å². The maximum atomic E-state index is 12.8. The third-order valence-corrected chi connectivity index (χ3v) is 5.11. The van der Waals surface area contributed by atoms with E-state index in [1.54, 1.807) is 45.3 Å².